The van der Waals surface area contributed by atoms with Crippen molar-refractivity contribution >= 4 is 29.2 Å². The average molecular weight is 468 g/mol. The van der Waals surface area contributed by atoms with E-state index in [9.17, 15) is 9.59 Å². The van der Waals surface area contributed by atoms with E-state index in [0.29, 0.717) is 27.8 Å². The fourth-order valence-corrected chi connectivity index (χ4v) is 3.19. The molecule has 0 atom stereocenters. The summed E-state index contributed by atoms with van der Waals surface area (Å²) in [6.45, 7) is -0.276. The van der Waals surface area contributed by atoms with Crippen LogP contribution in [0.5, 0.6) is 5.75 Å². The molecular weight excluding hydrogens is 450 g/mol. The summed E-state index contributed by atoms with van der Waals surface area (Å²) in [5.74, 6) is 0.0963. The molecule has 0 saturated carbocycles. The molecule has 4 rings (SSSR count). The number of nitrogens with one attached hydrogen (secondary N) is 1. The summed E-state index contributed by atoms with van der Waals surface area (Å²) in [7, 11) is 1.51. The zero-order valence-electron chi connectivity index (χ0n) is 17.4. The molecule has 168 valence electrons. The minimum atomic E-state index is -0.707. The first-order valence-corrected chi connectivity index (χ1v) is 10.2. The number of nitrogens with zero attached hydrogens (tertiary/aromatic N) is 2. The smallest absolute Gasteiger partial charge is 0.374 e. The highest BCUT2D eigenvalue weighted by Crippen LogP contribution is 2.29. The molecule has 0 saturated heterocycles. The van der Waals surface area contributed by atoms with Crippen molar-refractivity contribution in [3.8, 4) is 17.1 Å². The van der Waals surface area contributed by atoms with E-state index >= 15 is 0 Å². The van der Waals surface area contributed by atoms with Crippen molar-refractivity contribution in [2.24, 2.45) is 0 Å². The van der Waals surface area contributed by atoms with Gasteiger partial charge in [-0.3, -0.25) is 4.79 Å². The lowest BCUT2D eigenvalue weighted by atomic mass is 10.2. The fraction of sp³-hybridized carbons (Fsp3) is 0.130. The van der Waals surface area contributed by atoms with Crippen LogP contribution in [0.2, 0.25) is 5.02 Å². The van der Waals surface area contributed by atoms with Gasteiger partial charge in [0, 0.05) is 5.56 Å². The van der Waals surface area contributed by atoms with Crippen LogP contribution in [-0.4, -0.2) is 29.1 Å². The van der Waals surface area contributed by atoms with Crippen LogP contribution >= 0.6 is 11.6 Å². The minimum Gasteiger partial charge on any atom is -0.495 e. The molecule has 0 fully saturated rings. The summed E-state index contributed by atoms with van der Waals surface area (Å²) in [6, 6.07) is 17.2. The van der Waals surface area contributed by atoms with E-state index in [1.54, 1.807) is 48.5 Å². The highest BCUT2D eigenvalue weighted by atomic mass is 35.5. The maximum atomic E-state index is 12.3. The Morgan fingerprint density at radius 1 is 1.06 bits per heavy atom. The second-order valence-corrected chi connectivity index (χ2v) is 7.16. The average Bonchev–Trinajstić information content (AvgIpc) is 3.48. The van der Waals surface area contributed by atoms with Gasteiger partial charge in [-0.15, -0.1) is 0 Å². The Hall–Kier alpha value is -4.11. The summed E-state index contributed by atoms with van der Waals surface area (Å²) < 4.78 is 20.9. The summed E-state index contributed by atoms with van der Waals surface area (Å²) >= 11 is 6.15. The Morgan fingerprint density at radius 2 is 1.85 bits per heavy atom. The van der Waals surface area contributed by atoms with Crippen molar-refractivity contribution in [3.63, 3.8) is 0 Å². The van der Waals surface area contributed by atoms with Gasteiger partial charge in [-0.05, 0) is 36.4 Å². The molecule has 0 aliphatic carbocycles. The number of aromatic nitrogens is 2. The number of halogens is 1. The van der Waals surface area contributed by atoms with Crippen molar-refractivity contribution in [1.29, 1.82) is 0 Å². The van der Waals surface area contributed by atoms with Crippen molar-refractivity contribution in [2.45, 2.75) is 13.0 Å². The first kappa shape index (κ1) is 22.1. The normalized spacial score (nSPS) is 10.6. The molecule has 9 nitrogen and oxygen atoms in total. The molecule has 0 bridgehead atoms. The lowest BCUT2D eigenvalue weighted by molar-refractivity contribution is -0.115. The Kier molecular flexibility index (Phi) is 6.70. The lowest BCUT2D eigenvalue weighted by Crippen LogP contribution is -2.15. The predicted octanol–water partition coefficient (Wildman–Crippen LogP) is 4.53. The SMILES string of the molecule is COc1ccccc1NC(=O)Cc1noc(COC(=O)c2ccc(-c3ccccc3Cl)o2)n1. The van der Waals surface area contributed by atoms with Gasteiger partial charge >= 0.3 is 5.97 Å². The number of rotatable bonds is 8. The van der Waals surface area contributed by atoms with Gasteiger partial charge in [0.1, 0.15) is 11.5 Å². The van der Waals surface area contributed by atoms with Gasteiger partial charge in [0.15, 0.2) is 12.4 Å². The van der Waals surface area contributed by atoms with Crippen LogP contribution in [0.3, 0.4) is 0 Å². The molecule has 2 aromatic heterocycles. The Morgan fingerprint density at radius 3 is 2.67 bits per heavy atom. The predicted molar refractivity (Wildman–Crippen MR) is 118 cm³/mol. The third kappa shape index (κ3) is 5.39. The van der Waals surface area contributed by atoms with E-state index < -0.39 is 5.97 Å². The van der Waals surface area contributed by atoms with Gasteiger partial charge in [0.05, 0.1) is 24.2 Å². The molecule has 0 spiro atoms. The van der Waals surface area contributed by atoms with Crippen molar-refractivity contribution in [1.82, 2.24) is 10.1 Å². The third-order valence-electron chi connectivity index (χ3n) is 4.48. The standard InChI is InChI=1S/C23H18ClN3O6/c1-30-18-9-5-4-8-16(18)25-21(28)12-20-26-22(33-27-20)13-31-23(29)19-11-10-17(32-19)14-6-2-3-7-15(14)24/h2-11H,12-13H2,1H3,(H,25,28). The number of hydrogen-bond acceptors (Lipinski definition) is 8. The maximum Gasteiger partial charge on any atom is 0.374 e. The summed E-state index contributed by atoms with van der Waals surface area (Å²) in [5, 5.41) is 6.95. The van der Waals surface area contributed by atoms with Crippen molar-refractivity contribution < 1.29 is 28.0 Å². The van der Waals surface area contributed by atoms with Gasteiger partial charge in [-0.25, -0.2) is 4.79 Å². The number of carbonyl (C=O) groups is 2. The summed E-state index contributed by atoms with van der Waals surface area (Å²) in [5.41, 5.74) is 1.18. The Labute approximate surface area is 193 Å². The molecule has 2 aromatic carbocycles. The molecule has 2 heterocycles. The second kappa shape index (κ2) is 10.0. The van der Waals surface area contributed by atoms with Gasteiger partial charge in [0.2, 0.25) is 11.7 Å². The molecule has 0 unspecified atom stereocenters. The number of amides is 1. The number of methoxy groups -OCH3 is 1. The van der Waals surface area contributed by atoms with Crippen LogP contribution in [0, 0.1) is 0 Å². The number of esters is 1. The number of furan rings is 1. The largest absolute Gasteiger partial charge is 0.495 e. The highest BCUT2D eigenvalue weighted by Gasteiger charge is 2.18. The van der Waals surface area contributed by atoms with E-state index in [2.05, 4.69) is 15.5 Å². The van der Waals surface area contributed by atoms with E-state index in [4.69, 9.17) is 30.0 Å². The van der Waals surface area contributed by atoms with Crippen LogP contribution < -0.4 is 10.1 Å². The van der Waals surface area contributed by atoms with E-state index in [1.165, 1.54) is 13.2 Å². The van der Waals surface area contributed by atoms with Crippen LogP contribution in [0.15, 0.2) is 69.6 Å². The Balaban J connectivity index is 1.31. The van der Waals surface area contributed by atoms with Crippen LogP contribution in [0.25, 0.3) is 11.3 Å². The molecule has 0 radical (unpaired) electrons. The molecule has 10 heteroatoms. The molecular formula is C23H18ClN3O6. The minimum absolute atomic E-state index is 0.000782. The molecule has 0 aliphatic heterocycles. The van der Waals surface area contributed by atoms with Gasteiger partial charge in [-0.2, -0.15) is 4.98 Å². The van der Waals surface area contributed by atoms with E-state index in [1.807, 2.05) is 6.07 Å². The van der Waals surface area contributed by atoms with Gasteiger partial charge in [-0.1, -0.05) is 41.0 Å². The number of ether oxygens (including phenoxy) is 2. The molecule has 0 aliphatic rings. The number of anilines is 1. The zero-order valence-corrected chi connectivity index (χ0v) is 18.2. The molecule has 1 amide bonds. The van der Waals surface area contributed by atoms with Gasteiger partial charge in [0.25, 0.3) is 5.89 Å². The summed E-state index contributed by atoms with van der Waals surface area (Å²) in [6.07, 6.45) is -0.130. The number of carbonyl (C=O) groups excluding carboxylic acids is 2. The topological polar surface area (TPSA) is 117 Å². The summed E-state index contributed by atoms with van der Waals surface area (Å²) in [4.78, 5) is 28.6. The maximum absolute atomic E-state index is 12.3. The zero-order chi connectivity index (χ0) is 23.2. The Bertz CT molecular complexity index is 1280. The van der Waals surface area contributed by atoms with E-state index in [0.717, 1.165) is 0 Å². The highest BCUT2D eigenvalue weighted by molar-refractivity contribution is 6.33. The first-order valence-electron chi connectivity index (χ1n) is 9.79. The monoisotopic (exact) mass is 467 g/mol. The molecule has 4 aromatic rings. The number of hydrogen-bond donors (Lipinski definition) is 1. The number of benzene rings is 2. The van der Waals surface area contributed by atoms with Crippen LogP contribution in [-0.2, 0) is 22.6 Å². The lowest BCUT2D eigenvalue weighted by Gasteiger charge is -2.08. The molecule has 33 heavy (non-hydrogen) atoms. The van der Waals surface area contributed by atoms with Crippen LogP contribution in [0.4, 0.5) is 5.69 Å². The quantitative estimate of drug-likeness (QED) is 0.375. The number of para-hydroxylation sites is 2. The van der Waals surface area contributed by atoms with E-state index in [-0.39, 0.29) is 36.4 Å². The van der Waals surface area contributed by atoms with Crippen LogP contribution in [0.1, 0.15) is 22.3 Å². The second-order valence-electron chi connectivity index (χ2n) is 6.75. The van der Waals surface area contributed by atoms with Crippen molar-refractivity contribution in [3.05, 3.63) is 83.2 Å². The van der Waals surface area contributed by atoms with Crippen molar-refractivity contribution in [2.75, 3.05) is 12.4 Å². The third-order valence-corrected chi connectivity index (χ3v) is 4.81. The van der Waals surface area contributed by atoms with Gasteiger partial charge < -0.3 is 23.7 Å². The fourth-order valence-electron chi connectivity index (χ4n) is 2.96. The first-order chi connectivity index (χ1) is 16.0. The molecule has 1 N–H and O–H groups in total.